The predicted octanol–water partition coefficient (Wildman–Crippen LogP) is 4.42. The first-order valence-electron chi connectivity index (χ1n) is 7.14. The Kier molecular flexibility index (Phi) is 4.42. The van der Waals surface area contributed by atoms with E-state index in [9.17, 15) is 4.39 Å². The van der Waals surface area contributed by atoms with Crippen molar-refractivity contribution in [3.63, 3.8) is 0 Å². The summed E-state index contributed by atoms with van der Waals surface area (Å²) in [6.45, 7) is 2.10. The van der Waals surface area contributed by atoms with Gasteiger partial charge in [0.15, 0.2) is 11.6 Å². The summed E-state index contributed by atoms with van der Waals surface area (Å²) in [5.41, 5.74) is 1.11. The molecule has 110 valence electrons. The summed E-state index contributed by atoms with van der Waals surface area (Å²) < 4.78 is 19.6. The molecule has 2 aromatic carbocycles. The lowest BCUT2D eigenvalue weighted by atomic mass is 9.98. The SMILES string of the molecule is Fc1cc(Cl)ccc1Oc1ccccc1CC1CCNC1. The van der Waals surface area contributed by atoms with Gasteiger partial charge in [-0.25, -0.2) is 4.39 Å². The molecule has 1 N–H and O–H groups in total. The lowest BCUT2D eigenvalue weighted by molar-refractivity contribution is 0.433. The average molecular weight is 306 g/mol. The lowest BCUT2D eigenvalue weighted by Gasteiger charge is -2.14. The molecule has 1 unspecified atom stereocenters. The zero-order valence-corrected chi connectivity index (χ0v) is 12.4. The van der Waals surface area contributed by atoms with E-state index in [1.807, 2.05) is 24.3 Å². The van der Waals surface area contributed by atoms with E-state index in [-0.39, 0.29) is 5.75 Å². The van der Waals surface area contributed by atoms with Crippen LogP contribution in [0.5, 0.6) is 11.5 Å². The van der Waals surface area contributed by atoms with Gasteiger partial charge < -0.3 is 10.1 Å². The summed E-state index contributed by atoms with van der Waals surface area (Å²) in [6, 6.07) is 12.3. The first kappa shape index (κ1) is 14.4. The fourth-order valence-electron chi connectivity index (χ4n) is 2.65. The molecule has 0 aliphatic carbocycles. The molecular formula is C17H17ClFNO. The highest BCUT2D eigenvalue weighted by Crippen LogP contribution is 2.30. The number of para-hydroxylation sites is 1. The lowest BCUT2D eigenvalue weighted by Crippen LogP contribution is -2.11. The zero-order valence-electron chi connectivity index (χ0n) is 11.6. The third kappa shape index (κ3) is 3.55. The Balaban J connectivity index is 1.81. The summed E-state index contributed by atoms with van der Waals surface area (Å²) in [5.74, 6) is 1.09. The van der Waals surface area contributed by atoms with Crippen LogP contribution >= 0.6 is 11.6 Å². The van der Waals surface area contributed by atoms with Gasteiger partial charge in [0.05, 0.1) is 0 Å². The van der Waals surface area contributed by atoms with Gasteiger partial charge >= 0.3 is 0 Å². The van der Waals surface area contributed by atoms with Crippen molar-refractivity contribution in [3.05, 3.63) is 58.9 Å². The Labute approximate surface area is 128 Å². The Morgan fingerprint density at radius 1 is 1.19 bits per heavy atom. The number of nitrogens with one attached hydrogen (secondary N) is 1. The predicted molar refractivity (Wildman–Crippen MR) is 82.6 cm³/mol. The minimum atomic E-state index is -0.445. The third-order valence-corrected chi connectivity index (χ3v) is 3.99. The van der Waals surface area contributed by atoms with E-state index in [1.165, 1.54) is 12.5 Å². The monoisotopic (exact) mass is 305 g/mol. The molecule has 4 heteroatoms. The Morgan fingerprint density at radius 2 is 2.05 bits per heavy atom. The van der Waals surface area contributed by atoms with Crippen LogP contribution in [0.1, 0.15) is 12.0 Å². The number of hydrogen-bond donors (Lipinski definition) is 1. The van der Waals surface area contributed by atoms with E-state index in [4.69, 9.17) is 16.3 Å². The number of rotatable bonds is 4. The summed E-state index contributed by atoms with van der Waals surface area (Å²) in [4.78, 5) is 0. The number of hydrogen-bond acceptors (Lipinski definition) is 2. The molecule has 0 amide bonds. The number of benzene rings is 2. The van der Waals surface area contributed by atoms with Crippen molar-refractivity contribution in [1.29, 1.82) is 0 Å². The third-order valence-electron chi connectivity index (χ3n) is 3.76. The van der Waals surface area contributed by atoms with E-state index in [0.29, 0.717) is 16.7 Å². The standard InChI is InChI=1S/C17H17ClFNO/c18-14-5-6-17(15(19)10-14)21-16-4-2-1-3-13(16)9-12-7-8-20-11-12/h1-6,10,12,20H,7-9,11H2. The van der Waals surface area contributed by atoms with Crippen LogP contribution < -0.4 is 10.1 Å². The Morgan fingerprint density at radius 3 is 2.81 bits per heavy atom. The van der Waals surface area contributed by atoms with Crippen LogP contribution in [-0.2, 0) is 6.42 Å². The van der Waals surface area contributed by atoms with Gasteiger partial charge in [0.25, 0.3) is 0 Å². The quantitative estimate of drug-likeness (QED) is 0.902. The van der Waals surface area contributed by atoms with E-state index >= 15 is 0 Å². The van der Waals surface area contributed by atoms with Crippen LogP contribution in [0.4, 0.5) is 4.39 Å². The molecule has 21 heavy (non-hydrogen) atoms. The van der Waals surface area contributed by atoms with Gasteiger partial charge in [0, 0.05) is 5.02 Å². The molecule has 1 atom stereocenters. The second-order valence-electron chi connectivity index (χ2n) is 5.35. The maximum absolute atomic E-state index is 13.9. The van der Waals surface area contributed by atoms with Gasteiger partial charge in [0.1, 0.15) is 5.75 Å². The van der Waals surface area contributed by atoms with Crippen molar-refractivity contribution in [2.75, 3.05) is 13.1 Å². The molecule has 0 aromatic heterocycles. The van der Waals surface area contributed by atoms with Crippen molar-refractivity contribution in [3.8, 4) is 11.5 Å². The zero-order chi connectivity index (χ0) is 14.7. The van der Waals surface area contributed by atoms with Crippen LogP contribution in [0.2, 0.25) is 5.02 Å². The maximum Gasteiger partial charge on any atom is 0.167 e. The number of ether oxygens (including phenoxy) is 1. The van der Waals surface area contributed by atoms with Crippen molar-refractivity contribution < 1.29 is 9.13 Å². The van der Waals surface area contributed by atoms with E-state index in [0.717, 1.165) is 25.1 Å². The highest BCUT2D eigenvalue weighted by atomic mass is 35.5. The first-order chi connectivity index (χ1) is 10.2. The topological polar surface area (TPSA) is 21.3 Å². The molecular weight excluding hydrogens is 289 g/mol. The van der Waals surface area contributed by atoms with E-state index in [2.05, 4.69) is 5.32 Å². The molecule has 0 bridgehead atoms. The Bertz CT molecular complexity index is 626. The molecule has 1 aliphatic heterocycles. The molecule has 2 nitrogen and oxygen atoms in total. The summed E-state index contributed by atoms with van der Waals surface area (Å²) in [6.07, 6.45) is 2.11. The Hall–Kier alpha value is -1.58. The van der Waals surface area contributed by atoms with Gasteiger partial charge in [-0.2, -0.15) is 0 Å². The van der Waals surface area contributed by atoms with Crippen LogP contribution in [0.25, 0.3) is 0 Å². The normalized spacial score (nSPS) is 17.9. The maximum atomic E-state index is 13.9. The summed E-state index contributed by atoms with van der Waals surface area (Å²) in [7, 11) is 0. The molecule has 0 saturated carbocycles. The molecule has 1 aliphatic rings. The molecule has 1 fully saturated rings. The fraction of sp³-hybridized carbons (Fsp3) is 0.294. The minimum Gasteiger partial charge on any atom is -0.454 e. The fourth-order valence-corrected chi connectivity index (χ4v) is 2.81. The highest BCUT2D eigenvalue weighted by molar-refractivity contribution is 6.30. The van der Waals surface area contributed by atoms with Crippen molar-refractivity contribution in [2.45, 2.75) is 12.8 Å². The van der Waals surface area contributed by atoms with Crippen LogP contribution in [0.15, 0.2) is 42.5 Å². The summed E-state index contributed by atoms with van der Waals surface area (Å²) in [5, 5.41) is 3.73. The largest absolute Gasteiger partial charge is 0.454 e. The average Bonchev–Trinajstić information content (AvgIpc) is 2.97. The van der Waals surface area contributed by atoms with Gasteiger partial charge in [-0.3, -0.25) is 0 Å². The molecule has 1 saturated heterocycles. The molecule has 0 spiro atoms. The molecule has 0 radical (unpaired) electrons. The van der Waals surface area contributed by atoms with E-state index in [1.54, 1.807) is 12.1 Å². The molecule has 2 aromatic rings. The van der Waals surface area contributed by atoms with Gasteiger partial charge in [0.2, 0.25) is 0 Å². The second kappa shape index (κ2) is 6.46. The van der Waals surface area contributed by atoms with Crippen molar-refractivity contribution >= 4 is 11.6 Å². The smallest absolute Gasteiger partial charge is 0.167 e. The highest BCUT2D eigenvalue weighted by Gasteiger charge is 2.17. The van der Waals surface area contributed by atoms with Crippen LogP contribution in [0, 0.1) is 11.7 Å². The first-order valence-corrected chi connectivity index (χ1v) is 7.51. The second-order valence-corrected chi connectivity index (χ2v) is 5.78. The minimum absolute atomic E-state index is 0.205. The van der Waals surface area contributed by atoms with Gasteiger partial charge in [-0.15, -0.1) is 0 Å². The van der Waals surface area contributed by atoms with Gasteiger partial charge in [-0.1, -0.05) is 29.8 Å². The summed E-state index contributed by atoms with van der Waals surface area (Å²) >= 11 is 5.76. The van der Waals surface area contributed by atoms with Gasteiger partial charge in [-0.05, 0) is 61.7 Å². The molecule has 1 heterocycles. The number of halogens is 2. The van der Waals surface area contributed by atoms with E-state index < -0.39 is 5.82 Å². The van der Waals surface area contributed by atoms with Crippen LogP contribution in [-0.4, -0.2) is 13.1 Å². The van der Waals surface area contributed by atoms with Crippen LogP contribution in [0.3, 0.4) is 0 Å². The van der Waals surface area contributed by atoms with Crippen molar-refractivity contribution in [2.24, 2.45) is 5.92 Å². The molecule has 3 rings (SSSR count). The van der Waals surface area contributed by atoms with Crippen molar-refractivity contribution in [1.82, 2.24) is 5.32 Å².